The SMILES string of the molecule is C=Cc1ccccc1.C=Cc1ccccc1.C=Cc1ccccc1.C=Cc1ccccc1.CCC(C)(C)C(=O)OCCOC.CCC(C)(C)C(=O)OCCOC.CCC(C)c1ccccc1.CCC(C)c1ccccc1.CCSc1nc(SCC)nc(SCC)n1.CCSc1nc(SCC)nc(SCC)n1. The summed E-state index contributed by atoms with van der Waals surface area (Å²) in [6.45, 7) is 49.2. The number of benzene rings is 6. The molecule has 0 amide bonds. The fraction of sp³-hybridized carbons (Fsp3) is 0.409. The Bertz CT molecular complexity index is 3000. The maximum Gasteiger partial charge on any atom is 0.311 e. The molecule has 0 fully saturated rings. The fourth-order valence-electron chi connectivity index (χ4n) is 7.31. The number of methoxy groups -OCH3 is 2. The molecule has 0 saturated carbocycles. The van der Waals surface area contributed by atoms with Gasteiger partial charge in [0, 0.05) is 14.2 Å². The van der Waals surface area contributed by atoms with Crippen LogP contribution in [0.25, 0.3) is 24.3 Å². The summed E-state index contributed by atoms with van der Waals surface area (Å²) in [5.41, 5.74) is 6.86. The summed E-state index contributed by atoms with van der Waals surface area (Å²) in [6.07, 6.45) is 11.4. The minimum Gasteiger partial charge on any atom is -0.463 e. The molecule has 2 aromatic heterocycles. The van der Waals surface area contributed by atoms with E-state index in [4.69, 9.17) is 18.9 Å². The molecule has 18 heteroatoms. The first-order chi connectivity index (χ1) is 51.1. The number of hydrogen-bond acceptors (Lipinski definition) is 18. The zero-order valence-corrected chi connectivity index (χ0v) is 72.0. The van der Waals surface area contributed by atoms with Crippen LogP contribution >= 0.6 is 70.6 Å². The van der Waals surface area contributed by atoms with E-state index in [0.717, 1.165) is 78.3 Å². The molecule has 0 aliphatic carbocycles. The van der Waals surface area contributed by atoms with Crippen molar-refractivity contribution in [3.63, 3.8) is 0 Å². The molecule has 0 spiro atoms. The summed E-state index contributed by atoms with van der Waals surface area (Å²) < 4.78 is 19.5. The van der Waals surface area contributed by atoms with Gasteiger partial charge in [-0.05, 0) is 133 Å². The van der Waals surface area contributed by atoms with Gasteiger partial charge in [0.15, 0.2) is 30.9 Å². The van der Waals surface area contributed by atoms with Crippen molar-refractivity contribution < 1.29 is 28.5 Å². The van der Waals surface area contributed by atoms with E-state index in [1.165, 1.54) is 46.2 Å². The van der Waals surface area contributed by atoms with E-state index in [0.29, 0.717) is 38.3 Å². The Morgan fingerprint density at radius 2 is 0.528 bits per heavy atom. The molecule has 6 aromatic carbocycles. The predicted molar refractivity (Wildman–Crippen MR) is 468 cm³/mol. The van der Waals surface area contributed by atoms with Crippen LogP contribution < -0.4 is 0 Å². The summed E-state index contributed by atoms with van der Waals surface area (Å²) in [7, 11) is 3.16. The van der Waals surface area contributed by atoms with Crippen molar-refractivity contribution >= 4 is 107 Å². The number of thioether (sulfide) groups is 6. The first-order valence-electron chi connectivity index (χ1n) is 36.5. The quantitative estimate of drug-likeness (QED) is 0.0238. The van der Waals surface area contributed by atoms with Crippen molar-refractivity contribution in [1.82, 2.24) is 29.9 Å². The molecule has 0 bridgehead atoms. The summed E-state index contributed by atoms with van der Waals surface area (Å²) in [4.78, 5) is 48.9. The van der Waals surface area contributed by atoms with Crippen molar-refractivity contribution in [3.05, 3.63) is 242 Å². The smallest absolute Gasteiger partial charge is 0.311 e. The zero-order valence-electron chi connectivity index (χ0n) is 67.1. The van der Waals surface area contributed by atoms with E-state index < -0.39 is 0 Å². The van der Waals surface area contributed by atoms with Crippen LogP contribution in [0.1, 0.15) is 182 Å². The number of ether oxygens (including phenoxy) is 4. The third kappa shape index (κ3) is 52.3. The molecular formula is C88H126N6O6S6. The van der Waals surface area contributed by atoms with E-state index in [9.17, 15) is 9.59 Å². The van der Waals surface area contributed by atoms with Gasteiger partial charge in [0.2, 0.25) is 0 Å². The normalized spacial score (nSPS) is 10.6. The monoisotopic (exact) mass is 1550 g/mol. The van der Waals surface area contributed by atoms with E-state index in [2.05, 4.69) is 186 Å². The van der Waals surface area contributed by atoms with Crippen molar-refractivity contribution in [1.29, 1.82) is 0 Å². The van der Waals surface area contributed by atoms with Gasteiger partial charge in [-0.15, -0.1) is 0 Å². The standard InChI is InChI=1S/2C10H14.2C9H15N3S3.2C9H18O3.4C8H8/c2*1-3-9(2)10-7-5-4-6-8-10;2*1-4-13-7-10-8(14-5-2)12-9(11-7)15-6-3;2*1-5-9(2,3)8(10)12-7-6-11-4;4*1-2-8-6-4-3-5-7-8/h2*4-9H,3H2,1-2H3;2*4-6H2,1-3H3;2*5-7H2,1-4H3;4*2-7H,1H2. The third-order valence-corrected chi connectivity index (χ3v) is 19.2. The van der Waals surface area contributed by atoms with Gasteiger partial charge in [-0.3, -0.25) is 9.59 Å². The lowest BCUT2D eigenvalue weighted by Crippen LogP contribution is -2.26. The molecule has 2 unspecified atom stereocenters. The predicted octanol–water partition coefficient (Wildman–Crippen LogP) is 25.4. The van der Waals surface area contributed by atoms with Gasteiger partial charge in [-0.25, -0.2) is 0 Å². The molecule has 0 radical (unpaired) electrons. The zero-order chi connectivity index (χ0) is 79.5. The van der Waals surface area contributed by atoms with Gasteiger partial charge in [0.05, 0.1) is 24.0 Å². The summed E-state index contributed by atoms with van der Waals surface area (Å²) in [6, 6.07) is 61.4. The van der Waals surface area contributed by atoms with Gasteiger partial charge < -0.3 is 18.9 Å². The van der Waals surface area contributed by atoms with Crippen LogP contribution in [-0.4, -0.2) is 117 Å². The summed E-state index contributed by atoms with van der Waals surface area (Å²) in [5.74, 6) is 7.10. The maximum atomic E-state index is 11.3. The highest BCUT2D eigenvalue weighted by molar-refractivity contribution is 8.01. The number of esters is 2. The Morgan fingerprint density at radius 3 is 0.670 bits per heavy atom. The Morgan fingerprint density at radius 1 is 0.340 bits per heavy atom. The number of rotatable bonds is 30. The summed E-state index contributed by atoms with van der Waals surface area (Å²) in [5, 5.41) is 5.08. The van der Waals surface area contributed by atoms with Crippen molar-refractivity contribution in [3.8, 4) is 0 Å². The largest absolute Gasteiger partial charge is 0.463 e. The van der Waals surface area contributed by atoms with E-state index in [1.54, 1.807) is 84.8 Å². The van der Waals surface area contributed by atoms with E-state index in [-0.39, 0.29) is 22.8 Å². The highest BCUT2D eigenvalue weighted by Gasteiger charge is 2.27. The second kappa shape index (κ2) is 67.6. The molecule has 8 rings (SSSR count). The van der Waals surface area contributed by atoms with E-state index >= 15 is 0 Å². The number of carbonyl (C=O) groups is 2. The van der Waals surface area contributed by atoms with Gasteiger partial charge in [0.1, 0.15) is 13.2 Å². The molecule has 106 heavy (non-hydrogen) atoms. The van der Waals surface area contributed by atoms with Crippen LogP contribution in [0.5, 0.6) is 0 Å². The van der Waals surface area contributed by atoms with Crippen molar-refractivity contribution in [2.24, 2.45) is 10.8 Å². The highest BCUT2D eigenvalue weighted by Crippen LogP contribution is 2.26. The number of aromatic nitrogens is 6. The molecule has 0 N–H and O–H groups in total. The van der Waals surface area contributed by atoms with Gasteiger partial charge in [0.25, 0.3) is 0 Å². The first kappa shape index (κ1) is 101. The molecule has 2 atom stereocenters. The topological polar surface area (TPSA) is 148 Å². The van der Waals surface area contributed by atoms with E-state index in [1.807, 2.05) is 187 Å². The number of hydrogen-bond donors (Lipinski definition) is 0. The molecule has 2 heterocycles. The average molecular weight is 1560 g/mol. The molecule has 580 valence electrons. The maximum absolute atomic E-state index is 11.3. The lowest BCUT2D eigenvalue weighted by Gasteiger charge is -2.19. The molecule has 0 saturated heterocycles. The number of carbonyl (C=O) groups excluding carboxylic acids is 2. The Balaban J connectivity index is 0. The highest BCUT2D eigenvalue weighted by atomic mass is 32.2. The Hall–Kier alpha value is -6.74. The molecule has 0 aliphatic heterocycles. The van der Waals surface area contributed by atoms with Crippen molar-refractivity contribution in [2.75, 3.05) is 75.2 Å². The molecular weight excluding hydrogens is 1430 g/mol. The Kier molecular flexibility index (Phi) is 64.6. The van der Waals surface area contributed by atoms with Gasteiger partial charge >= 0.3 is 11.9 Å². The average Bonchev–Trinajstić information content (AvgIpc) is 0.860. The van der Waals surface area contributed by atoms with Gasteiger partial charge in [-0.2, -0.15) is 29.9 Å². The number of nitrogens with zero attached hydrogens (tertiary/aromatic N) is 6. The van der Waals surface area contributed by atoms with Crippen LogP contribution in [0.2, 0.25) is 0 Å². The molecule has 0 aliphatic rings. The lowest BCUT2D eigenvalue weighted by molar-refractivity contribution is -0.156. The second-order valence-electron chi connectivity index (χ2n) is 23.6. The molecule has 8 aromatic rings. The lowest BCUT2D eigenvalue weighted by atomic mass is 9.91. The van der Waals surface area contributed by atoms with Crippen LogP contribution in [0, 0.1) is 10.8 Å². The fourth-order valence-corrected chi connectivity index (χ4v) is 11.0. The van der Waals surface area contributed by atoms with Crippen LogP contribution in [-0.2, 0) is 28.5 Å². The van der Waals surface area contributed by atoms with Crippen LogP contribution in [0.3, 0.4) is 0 Å². The van der Waals surface area contributed by atoms with Crippen LogP contribution in [0.4, 0.5) is 0 Å². The molecule has 12 nitrogen and oxygen atoms in total. The minimum absolute atomic E-state index is 0.151. The first-order valence-corrected chi connectivity index (χ1v) is 42.4. The second-order valence-corrected chi connectivity index (χ2v) is 31.0. The summed E-state index contributed by atoms with van der Waals surface area (Å²) >= 11 is 10.00. The van der Waals surface area contributed by atoms with Crippen molar-refractivity contribution in [2.45, 2.75) is 179 Å². The minimum atomic E-state index is -0.367. The van der Waals surface area contributed by atoms with Gasteiger partial charge in [-0.1, -0.05) is 386 Å². The third-order valence-electron chi connectivity index (χ3n) is 14.8. The van der Waals surface area contributed by atoms with Crippen LogP contribution in [0.15, 0.2) is 239 Å². The Labute approximate surface area is 667 Å².